The third-order valence-electron chi connectivity index (χ3n) is 1.90. The number of aliphatic hydroxyl groups excluding tert-OH is 1. The zero-order valence-electron chi connectivity index (χ0n) is 7.44. The molecule has 1 heterocycles. The summed E-state index contributed by atoms with van der Waals surface area (Å²) in [6.07, 6.45) is 0. The summed E-state index contributed by atoms with van der Waals surface area (Å²) in [6.45, 7) is -0.140. The minimum Gasteiger partial charge on any atom is -0.496 e. The van der Waals surface area contributed by atoms with E-state index in [-0.39, 0.29) is 11.5 Å². The molecule has 0 aliphatic carbocycles. The van der Waals surface area contributed by atoms with E-state index in [0.29, 0.717) is 16.9 Å². The predicted molar refractivity (Wildman–Crippen MR) is 52.8 cm³/mol. The standard InChI is InChI=1S/C9H8O4S/c1-12-6-3-8-7(2-5(6)4-10)13-9(11)14-8/h2-3,10H,4H2,1H3. The van der Waals surface area contributed by atoms with Gasteiger partial charge in [0.15, 0.2) is 0 Å². The maximum absolute atomic E-state index is 10.9. The minimum absolute atomic E-state index is 0.140. The first-order valence-corrected chi connectivity index (χ1v) is 4.77. The highest BCUT2D eigenvalue weighted by Crippen LogP contribution is 2.27. The summed E-state index contributed by atoms with van der Waals surface area (Å²) in [5, 5.41) is 9.02. The SMILES string of the molecule is COc1cc2sc(=O)oc2cc1CO. The van der Waals surface area contributed by atoms with Crippen molar-refractivity contribution < 1.29 is 14.3 Å². The minimum atomic E-state index is -0.350. The summed E-state index contributed by atoms with van der Waals surface area (Å²) < 4.78 is 10.7. The molecule has 0 saturated carbocycles. The van der Waals surface area contributed by atoms with Gasteiger partial charge in [-0.25, -0.2) is 4.79 Å². The number of methoxy groups -OCH3 is 1. The molecule has 1 aromatic carbocycles. The normalized spacial score (nSPS) is 10.7. The lowest BCUT2D eigenvalue weighted by Gasteiger charge is -2.04. The first-order valence-electron chi connectivity index (χ1n) is 3.96. The van der Waals surface area contributed by atoms with E-state index in [1.54, 1.807) is 12.1 Å². The fraction of sp³-hybridized carbons (Fsp3) is 0.222. The Balaban J connectivity index is 2.74. The van der Waals surface area contributed by atoms with E-state index < -0.39 is 0 Å². The van der Waals surface area contributed by atoms with Crippen molar-refractivity contribution in [2.75, 3.05) is 7.11 Å². The quantitative estimate of drug-likeness (QED) is 0.816. The van der Waals surface area contributed by atoms with Gasteiger partial charge in [-0.3, -0.25) is 0 Å². The highest BCUT2D eigenvalue weighted by atomic mass is 32.1. The van der Waals surface area contributed by atoms with Crippen molar-refractivity contribution in [3.8, 4) is 5.75 Å². The van der Waals surface area contributed by atoms with E-state index in [9.17, 15) is 4.79 Å². The highest BCUT2D eigenvalue weighted by Gasteiger charge is 2.08. The first-order chi connectivity index (χ1) is 6.74. The molecule has 0 aliphatic rings. The maximum atomic E-state index is 10.9. The van der Waals surface area contributed by atoms with E-state index in [2.05, 4.69) is 0 Å². The lowest BCUT2D eigenvalue weighted by Crippen LogP contribution is -1.90. The van der Waals surface area contributed by atoms with Crippen molar-refractivity contribution in [1.82, 2.24) is 0 Å². The molecule has 2 rings (SSSR count). The van der Waals surface area contributed by atoms with Gasteiger partial charge in [-0.15, -0.1) is 0 Å². The molecule has 0 aliphatic heterocycles. The fourth-order valence-corrected chi connectivity index (χ4v) is 1.94. The maximum Gasteiger partial charge on any atom is 0.396 e. The van der Waals surface area contributed by atoms with Crippen molar-refractivity contribution in [2.45, 2.75) is 6.61 Å². The largest absolute Gasteiger partial charge is 0.496 e. The van der Waals surface area contributed by atoms with E-state index >= 15 is 0 Å². The number of fused-ring (bicyclic) bond motifs is 1. The number of rotatable bonds is 2. The Morgan fingerprint density at radius 2 is 2.36 bits per heavy atom. The smallest absolute Gasteiger partial charge is 0.396 e. The monoisotopic (exact) mass is 212 g/mol. The molecule has 0 saturated heterocycles. The second kappa shape index (κ2) is 3.43. The predicted octanol–water partition coefficient (Wildman–Crippen LogP) is 1.36. The average Bonchev–Trinajstić information content (AvgIpc) is 2.54. The number of aliphatic hydroxyl groups is 1. The Hall–Kier alpha value is -1.33. The second-order valence-corrected chi connectivity index (χ2v) is 3.70. The Bertz CT molecular complexity index is 467. The summed E-state index contributed by atoms with van der Waals surface area (Å²) in [6, 6.07) is 3.31. The molecule has 5 heteroatoms. The van der Waals surface area contributed by atoms with Gasteiger partial charge in [-0.05, 0) is 6.07 Å². The van der Waals surface area contributed by atoms with E-state index in [0.717, 1.165) is 16.0 Å². The molecule has 0 fully saturated rings. The van der Waals surface area contributed by atoms with Crippen LogP contribution in [0.3, 0.4) is 0 Å². The van der Waals surface area contributed by atoms with Crippen LogP contribution in [-0.2, 0) is 6.61 Å². The lowest BCUT2D eigenvalue weighted by atomic mass is 10.2. The van der Waals surface area contributed by atoms with Gasteiger partial charge in [0.25, 0.3) is 0 Å². The van der Waals surface area contributed by atoms with Crippen LogP contribution in [0.4, 0.5) is 0 Å². The molecule has 74 valence electrons. The van der Waals surface area contributed by atoms with Gasteiger partial charge >= 0.3 is 4.94 Å². The van der Waals surface area contributed by atoms with Gasteiger partial charge in [-0.2, -0.15) is 0 Å². The fourth-order valence-electron chi connectivity index (χ4n) is 1.26. The van der Waals surface area contributed by atoms with E-state index in [1.165, 1.54) is 7.11 Å². The van der Waals surface area contributed by atoms with Crippen LogP contribution in [0.5, 0.6) is 5.75 Å². The zero-order chi connectivity index (χ0) is 10.1. The summed E-state index contributed by atoms with van der Waals surface area (Å²) >= 11 is 1.02. The van der Waals surface area contributed by atoms with Crippen LogP contribution in [0.2, 0.25) is 0 Å². The van der Waals surface area contributed by atoms with Gasteiger partial charge < -0.3 is 14.3 Å². The highest BCUT2D eigenvalue weighted by molar-refractivity contribution is 7.16. The van der Waals surface area contributed by atoms with Crippen LogP contribution in [-0.4, -0.2) is 12.2 Å². The van der Waals surface area contributed by atoms with Crippen LogP contribution >= 0.6 is 11.3 Å². The molecule has 0 radical (unpaired) electrons. The van der Waals surface area contributed by atoms with Crippen LogP contribution in [0.1, 0.15) is 5.56 Å². The molecular weight excluding hydrogens is 204 g/mol. The third-order valence-corrected chi connectivity index (χ3v) is 2.69. The Morgan fingerprint density at radius 3 is 3.00 bits per heavy atom. The molecule has 4 nitrogen and oxygen atoms in total. The molecule has 0 amide bonds. The summed E-state index contributed by atoms with van der Waals surface area (Å²) in [5.74, 6) is 0.567. The van der Waals surface area contributed by atoms with E-state index in [4.69, 9.17) is 14.3 Å². The molecule has 2 aromatic rings. The van der Waals surface area contributed by atoms with Gasteiger partial charge in [0.2, 0.25) is 0 Å². The van der Waals surface area contributed by atoms with Crippen molar-refractivity contribution in [2.24, 2.45) is 0 Å². The number of ether oxygens (including phenoxy) is 1. The molecule has 14 heavy (non-hydrogen) atoms. The summed E-state index contributed by atoms with van der Waals surface area (Å²) in [4.78, 5) is 10.6. The van der Waals surface area contributed by atoms with Crippen LogP contribution in [0.25, 0.3) is 10.3 Å². The Morgan fingerprint density at radius 1 is 1.57 bits per heavy atom. The first kappa shape index (κ1) is 9.23. The van der Waals surface area contributed by atoms with Gasteiger partial charge in [0.05, 0.1) is 18.4 Å². The lowest BCUT2D eigenvalue weighted by molar-refractivity contribution is 0.274. The summed E-state index contributed by atoms with van der Waals surface area (Å²) in [5.41, 5.74) is 1.10. The number of benzene rings is 1. The molecule has 0 spiro atoms. The molecule has 1 N–H and O–H groups in total. The molecule has 0 unspecified atom stereocenters. The van der Waals surface area contributed by atoms with Gasteiger partial charge in [0, 0.05) is 11.6 Å². The Labute approximate surface area is 83.4 Å². The van der Waals surface area contributed by atoms with Crippen molar-refractivity contribution in [3.05, 3.63) is 27.4 Å². The number of hydrogen-bond acceptors (Lipinski definition) is 5. The van der Waals surface area contributed by atoms with E-state index in [1.807, 2.05) is 0 Å². The Kier molecular flexibility index (Phi) is 2.26. The van der Waals surface area contributed by atoms with Crippen molar-refractivity contribution in [3.63, 3.8) is 0 Å². The van der Waals surface area contributed by atoms with Crippen LogP contribution in [0.15, 0.2) is 21.3 Å². The molecule has 0 atom stereocenters. The molecule has 1 aromatic heterocycles. The van der Waals surface area contributed by atoms with Crippen molar-refractivity contribution >= 4 is 21.6 Å². The average molecular weight is 212 g/mol. The van der Waals surface area contributed by atoms with Gasteiger partial charge in [-0.1, -0.05) is 11.3 Å². The third kappa shape index (κ3) is 1.40. The molecule has 0 bridgehead atoms. The summed E-state index contributed by atoms with van der Waals surface area (Å²) in [7, 11) is 1.52. The second-order valence-electron chi connectivity index (χ2n) is 2.72. The van der Waals surface area contributed by atoms with Gasteiger partial charge in [0.1, 0.15) is 11.3 Å². The number of hydrogen-bond donors (Lipinski definition) is 1. The van der Waals surface area contributed by atoms with Crippen LogP contribution < -0.4 is 9.68 Å². The van der Waals surface area contributed by atoms with Crippen molar-refractivity contribution in [1.29, 1.82) is 0 Å². The molecular formula is C9H8O4S. The topological polar surface area (TPSA) is 59.7 Å². The zero-order valence-corrected chi connectivity index (χ0v) is 8.26. The van der Waals surface area contributed by atoms with Crippen LogP contribution in [0, 0.1) is 0 Å².